The zero-order valence-electron chi connectivity index (χ0n) is 13.0. The summed E-state index contributed by atoms with van der Waals surface area (Å²) in [6.45, 7) is 5.97. The molecular formula is C17H24N4. The normalized spacial score (nSPS) is 14.4. The molecular weight excluding hydrogens is 260 g/mol. The lowest BCUT2D eigenvalue weighted by atomic mass is 10.0. The summed E-state index contributed by atoms with van der Waals surface area (Å²) in [6, 6.07) is 6.77. The van der Waals surface area contributed by atoms with Crippen molar-refractivity contribution in [3.8, 4) is 0 Å². The van der Waals surface area contributed by atoms with E-state index in [-0.39, 0.29) is 0 Å². The van der Waals surface area contributed by atoms with E-state index in [1.54, 1.807) is 0 Å². The molecule has 0 aliphatic heterocycles. The minimum Gasteiger partial charge on any atom is -0.328 e. The Hall–Kier alpha value is -1.68. The molecule has 112 valence electrons. The van der Waals surface area contributed by atoms with Crippen molar-refractivity contribution in [3.05, 3.63) is 47.3 Å². The molecule has 2 heterocycles. The van der Waals surface area contributed by atoms with Gasteiger partial charge in [0.05, 0.1) is 30.0 Å². The average Bonchev–Trinajstić information content (AvgIpc) is 2.89. The Bertz CT molecular complexity index is 601. The van der Waals surface area contributed by atoms with Crippen molar-refractivity contribution in [2.24, 2.45) is 0 Å². The van der Waals surface area contributed by atoms with Crippen LogP contribution in [0.4, 0.5) is 0 Å². The van der Waals surface area contributed by atoms with Crippen LogP contribution in [0.15, 0.2) is 24.5 Å². The second-order valence-corrected chi connectivity index (χ2v) is 6.13. The number of imidazole rings is 1. The molecule has 0 atom stereocenters. The highest BCUT2D eigenvalue weighted by Gasteiger charge is 2.15. The van der Waals surface area contributed by atoms with Crippen LogP contribution in [0.25, 0.3) is 0 Å². The summed E-state index contributed by atoms with van der Waals surface area (Å²) in [4.78, 5) is 9.32. The molecule has 2 aromatic heterocycles. The summed E-state index contributed by atoms with van der Waals surface area (Å²) in [6.07, 6.45) is 6.83. The van der Waals surface area contributed by atoms with Gasteiger partial charge < -0.3 is 9.88 Å². The second-order valence-electron chi connectivity index (χ2n) is 6.13. The van der Waals surface area contributed by atoms with E-state index >= 15 is 0 Å². The Morgan fingerprint density at radius 3 is 2.86 bits per heavy atom. The van der Waals surface area contributed by atoms with Gasteiger partial charge in [-0.25, -0.2) is 4.98 Å². The molecule has 0 saturated carbocycles. The van der Waals surface area contributed by atoms with Gasteiger partial charge in [0.15, 0.2) is 0 Å². The third kappa shape index (κ3) is 3.50. The molecule has 2 aromatic rings. The first-order chi connectivity index (χ1) is 10.2. The predicted molar refractivity (Wildman–Crippen MR) is 84.2 cm³/mol. The maximum atomic E-state index is 4.76. The monoisotopic (exact) mass is 284 g/mol. The number of hydrogen-bond donors (Lipinski definition) is 1. The largest absolute Gasteiger partial charge is 0.328 e. The molecule has 0 unspecified atom stereocenters. The van der Waals surface area contributed by atoms with Gasteiger partial charge in [0.25, 0.3) is 0 Å². The molecule has 0 saturated heterocycles. The van der Waals surface area contributed by atoms with Crippen molar-refractivity contribution in [2.75, 3.05) is 0 Å². The van der Waals surface area contributed by atoms with E-state index in [4.69, 9.17) is 4.98 Å². The first kappa shape index (κ1) is 14.3. The highest BCUT2D eigenvalue weighted by atomic mass is 15.1. The third-order valence-corrected chi connectivity index (χ3v) is 4.00. The summed E-state index contributed by atoms with van der Waals surface area (Å²) in [7, 11) is 0. The van der Waals surface area contributed by atoms with Crippen LogP contribution in [0, 0.1) is 0 Å². The standard InChI is InChI=1S/C17H24N4/c1-13(2)18-10-14-6-5-7-15(20-14)11-21-12-19-16-8-3-4-9-17(16)21/h5-7,12-13,18H,3-4,8-11H2,1-2H3. The fourth-order valence-electron chi connectivity index (χ4n) is 2.87. The van der Waals surface area contributed by atoms with Crippen LogP contribution in [0.1, 0.15) is 49.5 Å². The molecule has 0 spiro atoms. The quantitative estimate of drug-likeness (QED) is 0.918. The number of hydrogen-bond acceptors (Lipinski definition) is 3. The molecule has 0 bridgehead atoms. The smallest absolute Gasteiger partial charge is 0.0955 e. The summed E-state index contributed by atoms with van der Waals surface area (Å²) >= 11 is 0. The predicted octanol–water partition coefficient (Wildman–Crippen LogP) is 2.70. The van der Waals surface area contributed by atoms with Crippen LogP contribution in [0.5, 0.6) is 0 Å². The summed E-state index contributed by atoms with van der Waals surface area (Å²) in [5, 5.41) is 3.42. The number of aromatic nitrogens is 3. The van der Waals surface area contributed by atoms with E-state index in [0.29, 0.717) is 6.04 Å². The number of nitrogens with one attached hydrogen (secondary N) is 1. The molecule has 21 heavy (non-hydrogen) atoms. The number of rotatable bonds is 5. The number of fused-ring (bicyclic) bond motifs is 1. The van der Waals surface area contributed by atoms with Gasteiger partial charge in [0.1, 0.15) is 0 Å². The van der Waals surface area contributed by atoms with E-state index in [9.17, 15) is 0 Å². The molecule has 1 aliphatic carbocycles. The molecule has 1 N–H and O–H groups in total. The van der Waals surface area contributed by atoms with Crippen LogP contribution in [0.3, 0.4) is 0 Å². The van der Waals surface area contributed by atoms with E-state index in [1.807, 2.05) is 6.33 Å². The molecule has 1 aliphatic rings. The maximum Gasteiger partial charge on any atom is 0.0955 e. The third-order valence-electron chi connectivity index (χ3n) is 4.00. The van der Waals surface area contributed by atoms with Gasteiger partial charge in [-0.1, -0.05) is 19.9 Å². The van der Waals surface area contributed by atoms with Crippen LogP contribution < -0.4 is 5.32 Å². The Kier molecular flexibility index (Phi) is 4.34. The van der Waals surface area contributed by atoms with Crippen molar-refractivity contribution in [2.45, 2.75) is 58.7 Å². The first-order valence-corrected chi connectivity index (χ1v) is 7.93. The molecule has 4 heteroatoms. The van der Waals surface area contributed by atoms with Gasteiger partial charge in [-0.2, -0.15) is 0 Å². The Morgan fingerprint density at radius 2 is 2.00 bits per heavy atom. The lowest BCUT2D eigenvalue weighted by Gasteiger charge is -2.14. The first-order valence-electron chi connectivity index (χ1n) is 7.93. The van der Waals surface area contributed by atoms with Crippen LogP contribution in [-0.2, 0) is 25.9 Å². The lowest BCUT2D eigenvalue weighted by Crippen LogP contribution is -2.22. The van der Waals surface area contributed by atoms with Gasteiger partial charge >= 0.3 is 0 Å². The molecule has 0 radical (unpaired) electrons. The average molecular weight is 284 g/mol. The van der Waals surface area contributed by atoms with Crippen LogP contribution in [-0.4, -0.2) is 20.6 Å². The fourth-order valence-corrected chi connectivity index (χ4v) is 2.87. The highest BCUT2D eigenvalue weighted by Crippen LogP contribution is 2.20. The van der Waals surface area contributed by atoms with Crippen LogP contribution >= 0.6 is 0 Å². The van der Waals surface area contributed by atoms with Crippen molar-refractivity contribution >= 4 is 0 Å². The van der Waals surface area contributed by atoms with E-state index in [1.165, 1.54) is 24.2 Å². The molecule has 4 nitrogen and oxygen atoms in total. The number of nitrogens with zero attached hydrogens (tertiary/aromatic N) is 3. The number of aryl methyl sites for hydroxylation is 1. The van der Waals surface area contributed by atoms with Gasteiger partial charge in [-0.05, 0) is 37.8 Å². The van der Waals surface area contributed by atoms with Gasteiger partial charge in [-0.15, -0.1) is 0 Å². The molecule has 3 rings (SSSR count). The van der Waals surface area contributed by atoms with Gasteiger partial charge in [-0.3, -0.25) is 4.98 Å². The minimum atomic E-state index is 0.483. The lowest BCUT2D eigenvalue weighted by molar-refractivity contribution is 0.578. The SMILES string of the molecule is CC(C)NCc1cccc(Cn2cnc3c2CCCC3)n1. The maximum absolute atomic E-state index is 4.76. The summed E-state index contributed by atoms with van der Waals surface area (Å²) in [5.74, 6) is 0. The van der Waals surface area contributed by atoms with Crippen molar-refractivity contribution in [1.82, 2.24) is 19.9 Å². The van der Waals surface area contributed by atoms with Gasteiger partial charge in [0, 0.05) is 18.3 Å². The van der Waals surface area contributed by atoms with Crippen molar-refractivity contribution < 1.29 is 0 Å². The second kappa shape index (κ2) is 6.39. The molecule has 0 amide bonds. The summed E-state index contributed by atoms with van der Waals surface area (Å²) in [5.41, 5.74) is 4.92. The topological polar surface area (TPSA) is 42.7 Å². The van der Waals surface area contributed by atoms with E-state index in [2.05, 4.69) is 46.9 Å². The van der Waals surface area contributed by atoms with Crippen molar-refractivity contribution in [1.29, 1.82) is 0 Å². The Labute approximate surface area is 126 Å². The molecule has 0 aromatic carbocycles. The zero-order chi connectivity index (χ0) is 14.7. The zero-order valence-corrected chi connectivity index (χ0v) is 13.0. The summed E-state index contributed by atoms with van der Waals surface area (Å²) < 4.78 is 2.27. The molecule has 0 fully saturated rings. The van der Waals surface area contributed by atoms with Crippen LogP contribution in [0.2, 0.25) is 0 Å². The fraction of sp³-hybridized carbons (Fsp3) is 0.529. The van der Waals surface area contributed by atoms with E-state index < -0.39 is 0 Å². The van der Waals surface area contributed by atoms with Crippen molar-refractivity contribution in [3.63, 3.8) is 0 Å². The van der Waals surface area contributed by atoms with E-state index in [0.717, 1.165) is 37.3 Å². The Balaban J connectivity index is 1.73. The minimum absolute atomic E-state index is 0.483. The van der Waals surface area contributed by atoms with Gasteiger partial charge in [0.2, 0.25) is 0 Å². The Morgan fingerprint density at radius 1 is 1.19 bits per heavy atom. The highest BCUT2D eigenvalue weighted by molar-refractivity contribution is 5.19. The number of pyridine rings is 1.